The second kappa shape index (κ2) is 5.16. The minimum Gasteiger partial charge on any atom is -0.507 e. The highest BCUT2D eigenvalue weighted by Crippen LogP contribution is 2.18. The molecule has 1 nitrogen and oxygen atoms in total. The molecule has 0 fully saturated rings. The van der Waals surface area contributed by atoms with Gasteiger partial charge in [-0.15, -0.1) is 0 Å². The van der Waals surface area contributed by atoms with E-state index in [9.17, 15) is 5.11 Å². The highest BCUT2D eigenvalue weighted by molar-refractivity contribution is 7.47. The van der Waals surface area contributed by atoms with Crippen LogP contribution < -0.4 is 5.30 Å². The summed E-state index contributed by atoms with van der Waals surface area (Å²) in [6.07, 6.45) is 3.70. The fourth-order valence-electron chi connectivity index (χ4n) is 1.02. The average molecular weight is 182 g/mol. The number of benzene rings is 1. The molecule has 1 aromatic carbocycles. The third-order valence-corrected chi connectivity index (χ3v) is 3.16. The van der Waals surface area contributed by atoms with Crippen molar-refractivity contribution < 1.29 is 5.11 Å². The van der Waals surface area contributed by atoms with Gasteiger partial charge in [0.15, 0.2) is 0 Å². The highest BCUT2D eigenvalue weighted by atomic mass is 31.1. The Hall–Kier alpha value is -0.550. The maximum atomic E-state index is 9.42. The Labute approximate surface area is 75.6 Å². The number of hydrogen-bond donors (Lipinski definition) is 1. The van der Waals surface area contributed by atoms with Crippen LogP contribution >= 0.6 is 8.58 Å². The second-order valence-corrected chi connectivity index (χ2v) is 4.19. The van der Waals surface area contributed by atoms with Gasteiger partial charge in [0.05, 0.1) is 0 Å². The number of para-hydroxylation sites is 1. The fourth-order valence-corrected chi connectivity index (χ4v) is 2.30. The zero-order valence-corrected chi connectivity index (χ0v) is 8.38. The van der Waals surface area contributed by atoms with E-state index in [0.717, 1.165) is 13.9 Å². The van der Waals surface area contributed by atoms with Gasteiger partial charge in [-0.1, -0.05) is 40.1 Å². The molecule has 66 valence electrons. The Kier molecular flexibility index (Phi) is 4.10. The van der Waals surface area contributed by atoms with Crippen molar-refractivity contribution in [2.24, 2.45) is 0 Å². The molecular formula is C10H15OP. The van der Waals surface area contributed by atoms with E-state index in [4.69, 9.17) is 0 Å². The molecule has 1 aromatic rings. The van der Waals surface area contributed by atoms with Crippen molar-refractivity contribution >= 4 is 13.9 Å². The number of hydrogen-bond acceptors (Lipinski definition) is 1. The van der Waals surface area contributed by atoms with E-state index >= 15 is 0 Å². The summed E-state index contributed by atoms with van der Waals surface area (Å²) in [7, 11) is 0.760. The van der Waals surface area contributed by atoms with Gasteiger partial charge in [-0.05, 0) is 18.6 Å². The van der Waals surface area contributed by atoms with Crippen molar-refractivity contribution in [3.05, 3.63) is 24.3 Å². The van der Waals surface area contributed by atoms with Gasteiger partial charge in [0.2, 0.25) is 0 Å². The summed E-state index contributed by atoms with van der Waals surface area (Å²) in [5.41, 5.74) is 0. The zero-order chi connectivity index (χ0) is 8.81. The largest absolute Gasteiger partial charge is 0.507 e. The van der Waals surface area contributed by atoms with Crippen LogP contribution in [0.4, 0.5) is 0 Å². The number of unbranched alkanes of at least 4 members (excludes halogenated alkanes) is 1. The van der Waals surface area contributed by atoms with Crippen molar-refractivity contribution in [1.29, 1.82) is 0 Å². The Morgan fingerprint density at radius 2 is 2.08 bits per heavy atom. The van der Waals surface area contributed by atoms with Gasteiger partial charge in [0.1, 0.15) is 5.75 Å². The average Bonchev–Trinajstić information content (AvgIpc) is 2.09. The topological polar surface area (TPSA) is 20.2 Å². The number of rotatable bonds is 4. The van der Waals surface area contributed by atoms with Crippen molar-refractivity contribution in [3.8, 4) is 5.75 Å². The van der Waals surface area contributed by atoms with E-state index in [1.54, 1.807) is 6.07 Å². The lowest BCUT2D eigenvalue weighted by Gasteiger charge is -2.02. The molecule has 0 heterocycles. The number of aromatic hydroxyl groups is 1. The summed E-state index contributed by atoms with van der Waals surface area (Å²) in [5.74, 6) is 0.451. The first-order chi connectivity index (χ1) is 5.84. The smallest absolute Gasteiger partial charge is 0.122 e. The Balaban J connectivity index is 2.46. The van der Waals surface area contributed by atoms with Crippen LogP contribution in [0, 0.1) is 0 Å². The lowest BCUT2D eigenvalue weighted by molar-refractivity contribution is 0.480. The molecule has 1 atom stereocenters. The van der Waals surface area contributed by atoms with E-state index in [0.29, 0.717) is 5.75 Å². The minimum absolute atomic E-state index is 0.451. The van der Waals surface area contributed by atoms with E-state index in [1.807, 2.05) is 18.2 Å². The first-order valence-corrected chi connectivity index (χ1v) is 5.57. The highest BCUT2D eigenvalue weighted by Gasteiger charge is 1.97. The molecular weight excluding hydrogens is 167 g/mol. The summed E-state index contributed by atoms with van der Waals surface area (Å²) in [4.78, 5) is 0. The fraction of sp³-hybridized carbons (Fsp3) is 0.400. The van der Waals surface area contributed by atoms with Crippen molar-refractivity contribution in [3.63, 3.8) is 0 Å². The molecule has 0 aromatic heterocycles. The van der Waals surface area contributed by atoms with Crippen molar-refractivity contribution in [2.75, 3.05) is 6.16 Å². The monoisotopic (exact) mass is 182 g/mol. The molecule has 0 radical (unpaired) electrons. The zero-order valence-electron chi connectivity index (χ0n) is 7.38. The minimum atomic E-state index is 0.451. The lowest BCUT2D eigenvalue weighted by atomic mass is 10.3. The first kappa shape index (κ1) is 9.54. The Morgan fingerprint density at radius 3 is 2.75 bits per heavy atom. The number of phenols is 1. The molecule has 2 heteroatoms. The van der Waals surface area contributed by atoms with E-state index < -0.39 is 0 Å². The molecule has 0 aliphatic rings. The molecule has 1 rings (SSSR count). The van der Waals surface area contributed by atoms with Crippen LogP contribution in [-0.2, 0) is 0 Å². The number of phenolic OH excluding ortho intramolecular Hbond substituents is 1. The Morgan fingerprint density at radius 1 is 1.33 bits per heavy atom. The van der Waals surface area contributed by atoms with Gasteiger partial charge in [-0.2, -0.15) is 0 Å². The normalized spacial score (nSPS) is 11.1. The molecule has 0 saturated carbocycles. The van der Waals surface area contributed by atoms with Crippen LogP contribution in [0.1, 0.15) is 19.8 Å². The van der Waals surface area contributed by atoms with Gasteiger partial charge in [0, 0.05) is 5.30 Å². The van der Waals surface area contributed by atoms with Crippen LogP contribution in [-0.4, -0.2) is 11.3 Å². The molecule has 0 saturated heterocycles. The van der Waals surface area contributed by atoms with E-state index in [2.05, 4.69) is 6.92 Å². The molecule has 0 bridgehead atoms. The second-order valence-electron chi connectivity index (χ2n) is 2.80. The van der Waals surface area contributed by atoms with E-state index in [1.165, 1.54) is 19.0 Å². The third kappa shape index (κ3) is 2.83. The maximum Gasteiger partial charge on any atom is 0.122 e. The predicted octanol–water partition coefficient (Wildman–Crippen LogP) is 2.50. The van der Waals surface area contributed by atoms with Gasteiger partial charge >= 0.3 is 0 Å². The summed E-state index contributed by atoms with van der Waals surface area (Å²) < 4.78 is 0. The molecule has 0 aliphatic heterocycles. The SMILES string of the molecule is CCCCPc1ccccc1O. The molecule has 0 spiro atoms. The molecule has 1 N–H and O–H groups in total. The summed E-state index contributed by atoms with van der Waals surface area (Å²) >= 11 is 0. The van der Waals surface area contributed by atoms with Crippen LogP contribution in [0.2, 0.25) is 0 Å². The summed E-state index contributed by atoms with van der Waals surface area (Å²) in [6, 6.07) is 7.61. The van der Waals surface area contributed by atoms with Gasteiger partial charge < -0.3 is 5.11 Å². The molecule has 1 unspecified atom stereocenters. The molecule has 0 aliphatic carbocycles. The summed E-state index contributed by atoms with van der Waals surface area (Å²) in [6.45, 7) is 2.19. The van der Waals surface area contributed by atoms with E-state index in [-0.39, 0.29) is 0 Å². The van der Waals surface area contributed by atoms with Crippen molar-refractivity contribution in [2.45, 2.75) is 19.8 Å². The quantitative estimate of drug-likeness (QED) is 0.560. The lowest BCUT2D eigenvalue weighted by Crippen LogP contribution is -1.95. The predicted molar refractivity (Wildman–Crippen MR) is 55.8 cm³/mol. The van der Waals surface area contributed by atoms with Crippen LogP contribution in [0.5, 0.6) is 5.75 Å². The van der Waals surface area contributed by atoms with Crippen molar-refractivity contribution in [1.82, 2.24) is 0 Å². The van der Waals surface area contributed by atoms with Gasteiger partial charge in [-0.25, -0.2) is 0 Å². The third-order valence-electron chi connectivity index (χ3n) is 1.75. The van der Waals surface area contributed by atoms with Gasteiger partial charge in [-0.3, -0.25) is 0 Å². The van der Waals surface area contributed by atoms with Crippen LogP contribution in [0.15, 0.2) is 24.3 Å². The van der Waals surface area contributed by atoms with Gasteiger partial charge in [0.25, 0.3) is 0 Å². The molecule has 0 amide bonds. The van der Waals surface area contributed by atoms with Crippen LogP contribution in [0.25, 0.3) is 0 Å². The first-order valence-electron chi connectivity index (χ1n) is 4.36. The maximum absolute atomic E-state index is 9.42. The van der Waals surface area contributed by atoms with Crippen LogP contribution in [0.3, 0.4) is 0 Å². The standard InChI is InChI=1S/C10H15OP/c1-2-3-8-12-10-7-5-4-6-9(10)11/h4-7,11-12H,2-3,8H2,1H3. The molecule has 12 heavy (non-hydrogen) atoms. The summed E-state index contributed by atoms with van der Waals surface area (Å²) in [5, 5.41) is 10.5. The Bertz CT molecular complexity index is 235.